The van der Waals surface area contributed by atoms with E-state index in [4.69, 9.17) is 0 Å². The molecule has 0 aromatic heterocycles. The summed E-state index contributed by atoms with van der Waals surface area (Å²) in [6.45, 7) is 6.79. The average Bonchev–Trinajstić information content (AvgIpc) is 2.34. The number of aryl methyl sites for hydroxylation is 2. The van der Waals surface area contributed by atoms with Gasteiger partial charge in [-0.1, -0.05) is 45.0 Å². The Labute approximate surface area is 107 Å². The van der Waals surface area contributed by atoms with Gasteiger partial charge in [0.25, 0.3) is 0 Å². The van der Waals surface area contributed by atoms with Gasteiger partial charge in [-0.25, -0.2) is 0 Å². The molecule has 0 aliphatic heterocycles. The summed E-state index contributed by atoms with van der Waals surface area (Å²) in [6.07, 6.45) is 4.82. The first-order chi connectivity index (χ1) is 8.15. The predicted octanol–water partition coefficient (Wildman–Crippen LogP) is 3.82. The number of hydrogen-bond acceptors (Lipinski definition) is 1. The summed E-state index contributed by atoms with van der Waals surface area (Å²) in [5, 5.41) is 3.43. The SMILES string of the molecule is CCc1ccc(CCC(CC(C)C)NC)cc1. The highest BCUT2D eigenvalue weighted by Crippen LogP contribution is 2.12. The van der Waals surface area contributed by atoms with Gasteiger partial charge in [0.1, 0.15) is 0 Å². The third kappa shape index (κ3) is 5.36. The van der Waals surface area contributed by atoms with E-state index < -0.39 is 0 Å². The maximum atomic E-state index is 3.43. The first kappa shape index (κ1) is 14.2. The van der Waals surface area contributed by atoms with Crippen molar-refractivity contribution in [3.05, 3.63) is 35.4 Å². The fraction of sp³-hybridized carbons (Fsp3) is 0.625. The van der Waals surface area contributed by atoms with Crippen molar-refractivity contribution in [2.75, 3.05) is 7.05 Å². The first-order valence-electron chi connectivity index (χ1n) is 6.90. The minimum absolute atomic E-state index is 0.654. The van der Waals surface area contributed by atoms with Gasteiger partial charge >= 0.3 is 0 Å². The van der Waals surface area contributed by atoms with E-state index >= 15 is 0 Å². The zero-order valence-electron chi connectivity index (χ0n) is 11.8. The molecule has 1 atom stereocenters. The Balaban J connectivity index is 2.42. The van der Waals surface area contributed by atoms with Crippen LogP contribution in [0.2, 0.25) is 0 Å². The fourth-order valence-corrected chi connectivity index (χ4v) is 2.23. The Hall–Kier alpha value is -0.820. The van der Waals surface area contributed by atoms with Crippen LogP contribution in [0.15, 0.2) is 24.3 Å². The maximum Gasteiger partial charge on any atom is 0.00696 e. The van der Waals surface area contributed by atoms with Crippen molar-refractivity contribution < 1.29 is 0 Å². The van der Waals surface area contributed by atoms with Crippen LogP contribution >= 0.6 is 0 Å². The lowest BCUT2D eigenvalue weighted by molar-refractivity contribution is 0.422. The van der Waals surface area contributed by atoms with Crippen LogP contribution in [0.4, 0.5) is 0 Å². The standard InChI is InChI=1S/C16H27N/c1-5-14-6-8-15(9-7-14)10-11-16(17-4)12-13(2)3/h6-9,13,16-17H,5,10-12H2,1-4H3. The van der Waals surface area contributed by atoms with Crippen molar-refractivity contribution in [2.24, 2.45) is 5.92 Å². The molecule has 17 heavy (non-hydrogen) atoms. The van der Waals surface area contributed by atoms with E-state index in [1.165, 1.54) is 30.4 Å². The highest BCUT2D eigenvalue weighted by Gasteiger charge is 2.08. The van der Waals surface area contributed by atoms with E-state index in [1.807, 2.05) is 0 Å². The second-order valence-corrected chi connectivity index (χ2v) is 5.32. The largest absolute Gasteiger partial charge is 0.317 e. The van der Waals surface area contributed by atoms with Crippen molar-refractivity contribution in [3.8, 4) is 0 Å². The van der Waals surface area contributed by atoms with Crippen molar-refractivity contribution in [1.82, 2.24) is 5.32 Å². The summed E-state index contributed by atoms with van der Waals surface area (Å²) in [7, 11) is 2.08. The smallest absolute Gasteiger partial charge is 0.00696 e. The van der Waals surface area contributed by atoms with E-state index in [1.54, 1.807) is 0 Å². The molecular weight excluding hydrogens is 206 g/mol. The fourth-order valence-electron chi connectivity index (χ4n) is 2.23. The van der Waals surface area contributed by atoms with E-state index in [9.17, 15) is 0 Å². The maximum absolute atomic E-state index is 3.43. The van der Waals surface area contributed by atoms with Crippen molar-refractivity contribution >= 4 is 0 Å². The Bertz CT molecular complexity index is 300. The number of rotatable bonds is 7. The van der Waals surface area contributed by atoms with Crippen molar-refractivity contribution in [3.63, 3.8) is 0 Å². The minimum atomic E-state index is 0.654. The zero-order valence-corrected chi connectivity index (χ0v) is 11.8. The molecule has 1 aromatic rings. The van der Waals surface area contributed by atoms with Crippen LogP contribution < -0.4 is 5.32 Å². The van der Waals surface area contributed by atoms with Gasteiger partial charge in [0.05, 0.1) is 0 Å². The van der Waals surface area contributed by atoms with Gasteiger partial charge < -0.3 is 5.32 Å². The highest BCUT2D eigenvalue weighted by molar-refractivity contribution is 5.22. The van der Waals surface area contributed by atoms with E-state index in [2.05, 4.69) is 57.4 Å². The van der Waals surface area contributed by atoms with E-state index in [0.29, 0.717) is 6.04 Å². The van der Waals surface area contributed by atoms with Gasteiger partial charge in [-0.2, -0.15) is 0 Å². The average molecular weight is 233 g/mol. The quantitative estimate of drug-likeness (QED) is 0.755. The summed E-state index contributed by atoms with van der Waals surface area (Å²) in [5.41, 5.74) is 2.90. The molecule has 0 radical (unpaired) electrons. The summed E-state index contributed by atoms with van der Waals surface area (Å²) in [4.78, 5) is 0. The monoisotopic (exact) mass is 233 g/mol. The Morgan fingerprint density at radius 3 is 2.12 bits per heavy atom. The summed E-state index contributed by atoms with van der Waals surface area (Å²) in [6, 6.07) is 9.72. The molecule has 0 amide bonds. The summed E-state index contributed by atoms with van der Waals surface area (Å²) in [5.74, 6) is 0.773. The van der Waals surface area contributed by atoms with Crippen LogP contribution in [0, 0.1) is 5.92 Å². The molecule has 0 spiro atoms. The van der Waals surface area contributed by atoms with Gasteiger partial charge in [0, 0.05) is 6.04 Å². The predicted molar refractivity (Wildman–Crippen MR) is 76.4 cm³/mol. The van der Waals surface area contributed by atoms with E-state index in [0.717, 1.165) is 12.3 Å². The molecule has 1 unspecified atom stereocenters. The number of hydrogen-bond donors (Lipinski definition) is 1. The Kier molecular flexibility index (Phi) is 6.28. The lowest BCUT2D eigenvalue weighted by Crippen LogP contribution is -2.27. The topological polar surface area (TPSA) is 12.0 Å². The molecule has 0 bridgehead atoms. The molecule has 1 aromatic carbocycles. The Morgan fingerprint density at radius 2 is 1.65 bits per heavy atom. The van der Waals surface area contributed by atoms with Crippen LogP contribution in [0.3, 0.4) is 0 Å². The van der Waals surface area contributed by atoms with Crippen LogP contribution in [-0.4, -0.2) is 13.1 Å². The molecule has 1 nitrogen and oxygen atoms in total. The molecule has 1 heteroatoms. The Morgan fingerprint density at radius 1 is 1.06 bits per heavy atom. The van der Waals surface area contributed by atoms with Gasteiger partial charge in [-0.3, -0.25) is 0 Å². The number of benzene rings is 1. The van der Waals surface area contributed by atoms with Crippen LogP contribution in [0.25, 0.3) is 0 Å². The molecule has 1 N–H and O–H groups in total. The van der Waals surface area contributed by atoms with Gasteiger partial charge in [0.2, 0.25) is 0 Å². The molecule has 0 saturated carbocycles. The van der Waals surface area contributed by atoms with Crippen LogP contribution in [0.1, 0.15) is 44.7 Å². The minimum Gasteiger partial charge on any atom is -0.317 e. The lowest BCUT2D eigenvalue weighted by Gasteiger charge is -2.18. The molecule has 0 saturated heterocycles. The van der Waals surface area contributed by atoms with Gasteiger partial charge in [-0.15, -0.1) is 0 Å². The number of nitrogens with one attached hydrogen (secondary N) is 1. The first-order valence-corrected chi connectivity index (χ1v) is 6.90. The molecule has 0 aliphatic carbocycles. The molecule has 96 valence electrons. The molecule has 0 heterocycles. The second-order valence-electron chi connectivity index (χ2n) is 5.32. The third-order valence-corrected chi connectivity index (χ3v) is 3.38. The van der Waals surface area contributed by atoms with Gasteiger partial charge in [-0.05, 0) is 49.8 Å². The summed E-state index contributed by atoms with van der Waals surface area (Å²) >= 11 is 0. The van der Waals surface area contributed by atoms with E-state index in [-0.39, 0.29) is 0 Å². The van der Waals surface area contributed by atoms with Crippen LogP contribution in [-0.2, 0) is 12.8 Å². The van der Waals surface area contributed by atoms with Gasteiger partial charge in [0.15, 0.2) is 0 Å². The molecule has 0 fully saturated rings. The lowest BCUT2D eigenvalue weighted by atomic mass is 9.97. The van der Waals surface area contributed by atoms with Crippen molar-refractivity contribution in [1.29, 1.82) is 0 Å². The zero-order chi connectivity index (χ0) is 12.7. The van der Waals surface area contributed by atoms with Crippen LogP contribution in [0.5, 0.6) is 0 Å². The highest BCUT2D eigenvalue weighted by atomic mass is 14.9. The summed E-state index contributed by atoms with van der Waals surface area (Å²) < 4.78 is 0. The molecular formula is C16H27N. The normalized spacial score (nSPS) is 13.0. The second kappa shape index (κ2) is 7.50. The third-order valence-electron chi connectivity index (χ3n) is 3.38. The molecule has 0 aliphatic rings. The molecule has 1 rings (SSSR count). The van der Waals surface area contributed by atoms with Crippen molar-refractivity contribution in [2.45, 2.75) is 52.5 Å².